The van der Waals surface area contributed by atoms with Crippen LogP contribution in [0.3, 0.4) is 0 Å². The van der Waals surface area contributed by atoms with Crippen LogP contribution in [0.5, 0.6) is 0 Å². The van der Waals surface area contributed by atoms with Crippen LogP contribution in [0, 0.1) is 17.8 Å². The molecule has 0 amide bonds. The van der Waals surface area contributed by atoms with Gasteiger partial charge in [0.2, 0.25) is 0 Å². The Kier molecular flexibility index (Phi) is 7.84. The number of hydrogen-bond donors (Lipinski definition) is 5. The smallest absolute Gasteiger partial charge is 0.0887 e. The zero-order valence-corrected chi connectivity index (χ0v) is 19.2. The summed E-state index contributed by atoms with van der Waals surface area (Å²) >= 11 is 0. The molecule has 0 aromatic carbocycles. The molecule has 0 aromatic heterocycles. The Bertz CT molecular complexity index is 544. The SMILES string of the molecule is C=CCN1C[C@H](C)N([C@H](C2CCC(C3NNNN3)CC2)C2CCCC(N)C2)C[C@H]1C. The molecule has 4 aliphatic rings. The molecule has 2 saturated carbocycles. The molecule has 2 aliphatic carbocycles. The molecular formula is C23H45N7. The number of nitrogens with one attached hydrogen (secondary N) is 4. The molecule has 30 heavy (non-hydrogen) atoms. The molecule has 0 spiro atoms. The molecule has 0 radical (unpaired) electrons. The van der Waals surface area contributed by atoms with Crippen LogP contribution in [0.1, 0.15) is 65.2 Å². The van der Waals surface area contributed by atoms with E-state index in [2.05, 4.69) is 58.2 Å². The summed E-state index contributed by atoms with van der Waals surface area (Å²) in [6, 6.07) is 2.30. The van der Waals surface area contributed by atoms with Gasteiger partial charge in [-0.15, -0.1) is 6.58 Å². The molecule has 0 bridgehead atoms. The van der Waals surface area contributed by atoms with Crippen LogP contribution in [0.25, 0.3) is 0 Å². The number of nitrogens with zero attached hydrogens (tertiary/aromatic N) is 2. The van der Waals surface area contributed by atoms with Crippen molar-refractivity contribution < 1.29 is 0 Å². The summed E-state index contributed by atoms with van der Waals surface area (Å²) < 4.78 is 0. The van der Waals surface area contributed by atoms with Gasteiger partial charge in [-0.25, -0.2) is 10.9 Å². The number of hydrazine groups is 3. The first-order valence-electron chi connectivity index (χ1n) is 12.4. The normalized spacial score (nSPS) is 41.0. The summed E-state index contributed by atoms with van der Waals surface area (Å²) in [4.78, 5) is 5.51. The van der Waals surface area contributed by atoms with Gasteiger partial charge in [0, 0.05) is 43.8 Å². The first-order chi connectivity index (χ1) is 14.6. The third kappa shape index (κ3) is 5.09. The summed E-state index contributed by atoms with van der Waals surface area (Å²) in [5.74, 6) is 2.26. The molecule has 6 N–H and O–H groups in total. The summed E-state index contributed by atoms with van der Waals surface area (Å²) in [5.41, 5.74) is 19.1. The maximum absolute atomic E-state index is 6.48. The number of hydrogen-bond acceptors (Lipinski definition) is 7. The molecule has 4 fully saturated rings. The molecule has 5 atom stereocenters. The van der Waals surface area contributed by atoms with E-state index in [1.807, 2.05) is 0 Å². The van der Waals surface area contributed by atoms with Gasteiger partial charge in [-0.05, 0) is 76.5 Å². The molecule has 172 valence electrons. The van der Waals surface area contributed by atoms with Crippen LogP contribution in [0.4, 0.5) is 0 Å². The Morgan fingerprint density at radius 3 is 2.37 bits per heavy atom. The standard InChI is InChI=1S/C23H45N7/c1-4-12-29-14-17(3)30(15-16(29)2)22(20-6-5-7-21(24)13-20)18-8-10-19(11-9-18)23-25-27-28-26-23/h4,16-23,25-28H,1,5-15,24H2,2-3H3/t16-,17+,18?,19?,20?,21?,22-/m1/s1. The highest BCUT2D eigenvalue weighted by Gasteiger charge is 2.43. The molecule has 2 saturated heterocycles. The number of rotatable bonds is 6. The lowest BCUT2D eigenvalue weighted by Gasteiger charge is -2.53. The molecule has 4 rings (SSSR count). The van der Waals surface area contributed by atoms with E-state index in [1.54, 1.807) is 0 Å². The summed E-state index contributed by atoms with van der Waals surface area (Å²) in [7, 11) is 0. The third-order valence-corrected chi connectivity index (χ3v) is 8.44. The Balaban J connectivity index is 1.46. The third-order valence-electron chi connectivity index (χ3n) is 8.44. The minimum atomic E-state index is 0.342. The highest BCUT2D eigenvalue weighted by molar-refractivity contribution is 4.98. The van der Waals surface area contributed by atoms with Crippen molar-refractivity contribution >= 4 is 0 Å². The fraction of sp³-hybridized carbons (Fsp3) is 0.913. The van der Waals surface area contributed by atoms with Crippen molar-refractivity contribution in [2.45, 2.75) is 95.5 Å². The van der Waals surface area contributed by atoms with E-state index in [0.29, 0.717) is 36.3 Å². The van der Waals surface area contributed by atoms with Crippen LogP contribution in [0.15, 0.2) is 12.7 Å². The zero-order chi connectivity index (χ0) is 21.1. The van der Waals surface area contributed by atoms with Crippen molar-refractivity contribution in [2.24, 2.45) is 23.5 Å². The van der Waals surface area contributed by atoms with Crippen LogP contribution in [-0.2, 0) is 0 Å². The van der Waals surface area contributed by atoms with Crippen molar-refractivity contribution in [2.75, 3.05) is 19.6 Å². The Hall–Kier alpha value is -0.540. The molecule has 2 heterocycles. The molecule has 7 nitrogen and oxygen atoms in total. The van der Waals surface area contributed by atoms with Gasteiger partial charge in [0.25, 0.3) is 0 Å². The van der Waals surface area contributed by atoms with Crippen molar-refractivity contribution in [3.05, 3.63) is 12.7 Å². The van der Waals surface area contributed by atoms with Crippen LogP contribution >= 0.6 is 0 Å². The van der Waals surface area contributed by atoms with Crippen LogP contribution in [-0.4, -0.2) is 59.8 Å². The van der Waals surface area contributed by atoms with Gasteiger partial charge in [-0.3, -0.25) is 9.80 Å². The van der Waals surface area contributed by atoms with Crippen molar-refractivity contribution in [3.63, 3.8) is 0 Å². The average Bonchev–Trinajstić information content (AvgIpc) is 3.27. The van der Waals surface area contributed by atoms with Gasteiger partial charge >= 0.3 is 0 Å². The predicted octanol–water partition coefficient (Wildman–Crippen LogP) is 1.70. The van der Waals surface area contributed by atoms with E-state index < -0.39 is 0 Å². The molecule has 2 unspecified atom stereocenters. The van der Waals surface area contributed by atoms with Gasteiger partial charge < -0.3 is 5.73 Å². The second-order valence-corrected chi connectivity index (χ2v) is 10.5. The van der Waals surface area contributed by atoms with Gasteiger partial charge in [0.15, 0.2) is 0 Å². The number of piperazine rings is 1. The lowest BCUT2D eigenvalue weighted by Crippen LogP contribution is -2.62. The van der Waals surface area contributed by atoms with Gasteiger partial charge in [-0.2, -0.15) is 11.1 Å². The molecular weight excluding hydrogens is 374 g/mol. The largest absolute Gasteiger partial charge is 0.328 e. The quantitative estimate of drug-likeness (QED) is 0.419. The van der Waals surface area contributed by atoms with Crippen molar-refractivity contribution in [1.82, 2.24) is 31.7 Å². The lowest BCUT2D eigenvalue weighted by molar-refractivity contribution is -0.0372. The summed E-state index contributed by atoms with van der Waals surface area (Å²) in [6.07, 6.45) is 12.8. The van der Waals surface area contributed by atoms with E-state index in [4.69, 9.17) is 5.73 Å². The van der Waals surface area contributed by atoms with Crippen LogP contribution in [0.2, 0.25) is 0 Å². The van der Waals surface area contributed by atoms with Crippen molar-refractivity contribution in [1.29, 1.82) is 0 Å². The van der Waals surface area contributed by atoms with E-state index in [-0.39, 0.29) is 0 Å². The van der Waals surface area contributed by atoms with Gasteiger partial charge in [0.05, 0.1) is 6.17 Å². The van der Waals surface area contributed by atoms with Gasteiger partial charge in [-0.1, -0.05) is 12.5 Å². The molecule has 7 heteroatoms. The van der Waals surface area contributed by atoms with Crippen molar-refractivity contribution in [3.8, 4) is 0 Å². The molecule has 2 aliphatic heterocycles. The molecule has 0 aromatic rings. The Labute approximate surface area is 183 Å². The maximum atomic E-state index is 6.48. The Morgan fingerprint density at radius 2 is 1.70 bits per heavy atom. The zero-order valence-electron chi connectivity index (χ0n) is 19.2. The van der Waals surface area contributed by atoms with E-state index in [1.165, 1.54) is 57.9 Å². The lowest BCUT2D eigenvalue weighted by atomic mass is 9.69. The highest BCUT2D eigenvalue weighted by atomic mass is 15.8. The maximum Gasteiger partial charge on any atom is 0.0887 e. The van der Waals surface area contributed by atoms with Crippen LogP contribution < -0.4 is 27.7 Å². The predicted molar refractivity (Wildman–Crippen MR) is 123 cm³/mol. The highest BCUT2D eigenvalue weighted by Crippen LogP contribution is 2.41. The monoisotopic (exact) mass is 419 g/mol. The minimum Gasteiger partial charge on any atom is -0.328 e. The second-order valence-electron chi connectivity index (χ2n) is 10.5. The minimum absolute atomic E-state index is 0.342. The fourth-order valence-corrected chi connectivity index (χ4v) is 6.88. The average molecular weight is 420 g/mol. The fourth-order valence-electron chi connectivity index (χ4n) is 6.88. The first-order valence-corrected chi connectivity index (χ1v) is 12.4. The topological polar surface area (TPSA) is 80.6 Å². The summed E-state index contributed by atoms with van der Waals surface area (Å²) in [5, 5.41) is 0. The first kappa shape index (κ1) is 22.6. The summed E-state index contributed by atoms with van der Waals surface area (Å²) in [6.45, 7) is 12.2. The number of nitrogens with two attached hydrogens (primary N) is 1. The van der Waals surface area contributed by atoms with Gasteiger partial charge in [0.1, 0.15) is 0 Å². The van der Waals surface area contributed by atoms with E-state index >= 15 is 0 Å². The Morgan fingerprint density at radius 1 is 0.967 bits per heavy atom. The van der Waals surface area contributed by atoms with E-state index in [0.717, 1.165) is 24.9 Å². The van der Waals surface area contributed by atoms with E-state index in [9.17, 15) is 0 Å². The second kappa shape index (κ2) is 10.4.